The number of carbonyl (C=O) groups excluding carboxylic acids is 1. The van der Waals surface area contributed by atoms with Crippen molar-refractivity contribution in [2.24, 2.45) is 7.05 Å². The molecule has 0 radical (unpaired) electrons. The van der Waals surface area contributed by atoms with Gasteiger partial charge in [-0.05, 0) is 60.9 Å². The smallest absolute Gasteiger partial charge is 0.350 e. The van der Waals surface area contributed by atoms with Crippen LogP contribution < -0.4 is 10.4 Å². The quantitative estimate of drug-likeness (QED) is 0.212. The Morgan fingerprint density at radius 2 is 1.81 bits per heavy atom. The summed E-state index contributed by atoms with van der Waals surface area (Å²) in [6, 6.07) is 22.2. The number of hydrogen-bond acceptors (Lipinski definition) is 6. The zero-order chi connectivity index (χ0) is 26.4. The van der Waals surface area contributed by atoms with Gasteiger partial charge in [0.05, 0.1) is 17.5 Å². The summed E-state index contributed by atoms with van der Waals surface area (Å²) in [7, 11) is 1.70. The van der Waals surface area contributed by atoms with Crippen LogP contribution in [0.1, 0.15) is 34.7 Å². The highest BCUT2D eigenvalue weighted by atomic mass is 32.2. The molecule has 7 nitrogen and oxygen atoms in total. The molecule has 0 fully saturated rings. The summed E-state index contributed by atoms with van der Waals surface area (Å²) in [5.74, 6) is 0.762. The van der Waals surface area contributed by atoms with Crippen molar-refractivity contribution in [2.45, 2.75) is 30.7 Å². The molecule has 1 aromatic heterocycles. The van der Waals surface area contributed by atoms with Crippen LogP contribution in [-0.2, 0) is 23.3 Å². The SMILES string of the molecule is CCOC(=O)COc1ccc(SC(c2ccccc2)c2nn(-c3ccc(CF)cc3)c(=O)n2C)cc1C. The highest BCUT2D eigenvalue weighted by Gasteiger charge is 2.24. The molecule has 0 saturated heterocycles. The molecule has 0 amide bonds. The first-order chi connectivity index (χ1) is 17.9. The van der Waals surface area contributed by atoms with E-state index in [1.165, 1.54) is 9.25 Å². The van der Waals surface area contributed by atoms with E-state index in [2.05, 4.69) is 0 Å². The van der Waals surface area contributed by atoms with Gasteiger partial charge in [0.15, 0.2) is 12.4 Å². The maximum atomic E-state index is 13.1. The molecule has 4 aromatic rings. The molecular weight excluding hydrogens is 493 g/mol. The third-order valence-electron chi connectivity index (χ3n) is 5.74. The lowest BCUT2D eigenvalue weighted by molar-refractivity contribution is -0.145. The molecule has 1 atom stereocenters. The van der Waals surface area contributed by atoms with E-state index in [1.807, 2.05) is 55.5 Å². The lowest BCUT2D eigenvalue weighted by Crippen LogP contribution is -2.22. The fraction of sp³-hybridized carbons (Fsp3) is 0.250. The Labute approximate surface area is 218 Å². The van der Waals surface area contributed by atoms with Crippen molar-refractivity contribution in [3.05, 3.63) is 106 Å². The average Bonchev–Trinajstić information content (AvgIpc) is 3.21. The van der Waals surface area contributed by atoms with E-state index in [1.54, 1.807) is 50.0 Å². The standard InChI is InChI=1S/C28H28FN3O4S/c1-4-35-25(33)18-36-24-15-14-23(16-19(24)2)37-26(21-8-6-5-7-9-21)27-30-32(28(34)31(27)3)22-12-10-20(17-29)11-13-22/h5-16,26H,4,17-18H2,1-3H3. The fourth-order valence-corrected chi connectivity index (χ4v) is 5.07. The van der Waals surface area contributed by atoms with E-state index in [0.29, 0.717) is 29.4 Å². The second-order valence-electron chi connectivity index (χ2n) is 8.34. The van der Waals surface area contributed by atoms with Gasteiger partial charge in [-0.2, -0.15) is 4.68 Å². The predicted molar refractivity (Wildman–Crippen MR) is 141 cm³/mol. The molecule has 192 valence electrons. The molecule has 1 unspecified atom stereocenters. The molecule has 37 heavy (non-hydrogen) atoms. The van der Waals surface area contributed by atoms with Crippen LogP contribution in [0.2, 0.25) is 0 Å². The van der Waals surface area contributed by atoms with Gasteiger partial charge in [-0.1, -0.05) is 42.5 Å². The van der Waals surface area contributed by atoms with Gasteiger partial charge in [0.2, 0.25) is 0 Å². The minimum atomic E-state index is -0.568. The van der Waals surface area contributed by atoms with E-state index < -0.39 is 12.6 Å². The molecule has 0 aliphatic carbocycles. The molecule has 3 aromatic carbocycles. The summed E-state index contributed by atoms with van der Waals surface area (Å²) < 4.78 is 26.4. The summed E-state index contributed by atoms with van der Waals surface area (Å²) in [4.78, 5) is 25.7. The highest BCUT2D eigenvalue weighted by molar-refractivity contribution is 7.99. The molecule has 0 bridgehead atoms. The molecule has 9 heteroatoms. The molecule has 0 N–H and O–H groups in total. The van der Waals surface area contributed by atoms with Crippen LogP contribution in [0.4, 0.5) is 4.39 Å². The van der Waals surface area contributed by atoms with Crippen LogP contribution in [0.25, 0.3) is 5.69 Å². The maximum absolute atomic E-state index is 13.1. The van der Waals surface area contributed by atoms with Crippen LogP contribution in [0.3, 0.4) is 0 Å². The van der Waals surface area contributed by atoms with E-state index in [4.69, 9.17) is 14.6 Å². The summed E-state index contributed by atoms with van der Waals surface area (Å²) in [5, 5.41) is 4.41. The topological polar surface area (TPSA) is 75.3 Å². The first-order valence-electron chi connectivity index (χ1n) is 11.8. The van der Waals surface area contributed by atoms with Crippen LogP contribution in [0.15, 0.2) is 82.5 Å². The number of alkyl halides is 1. The average molecular weight is 522 g/mol. The van der Waals surface area contributed by atoms with E-state index in [-0.39, 0.29) is 17.5 Å². The highest BCUT2D eigenvalue weighted by Crippen LogP contribution is 2.40. The number of hydrogen-bond donors (Lipinski definition) is 0. The Morgan fingerprint density at radius 1 is 1.08 bits per heavy atom. The third-order valence-corrected chi connectivity index (χ3v) is 6.98. The minimum Gasteiger partial charge on any atom is -0.482 e. The number of halogens is 1. The second-order valence-corrected chi connectivity index (χ2v) is 9.52. The largest absolute Gasteiger partial charge is 0.482 e. The van der Waals surface area contributed by atoms with Crippen molar-refractivity contribution in [3.8, 4) is 11.4 Å². The normalized spacial score (nSPS) is 11.8. The van der Waals surface area contributed by atoms with Gasteiger partial charge in [-0.25, -0.2) is 14.0 Å². The van der Waals surface area contributed by atoms with E-state index in [9.17, 15) is 14.0 Å². The van der Waals surface area contributed by atoms with Crippen molar-refractivity contribution in [2.75, 3.05) is 13.2 Å². The van der Waals surface area contributed by atoms with Gasteiger partial charge in [-0.15, -0.1) is 16.9 Å². The van der Waals surface area contributed by atoms with E-state index >= 15 is 0 Å². The summed E-state index contributed by atoms with van der Waals surface area (Å²) >= 11 is 1.56. The number of thioether (sulfide) groups is 1. The monoisotopic (exact) mass is 521 g/mol. The van der Waals surface area contributed by atoms with Crippen molar-refractivity contribution < 1.29 is 18.7 Å². The van der Waals surface area contributed by atoms with Crippen LogP contribution in [0.5, 0.6) is 5.75 Å². The summed E-state index contributed by atoms with van der Waals surface area (Å²) in [6.45, 7) is 3.24. The van der Waals surface area contributed by atoms with E-state index in [0.717, 1.165) is 16.0 Å². The third kappa shape index (κ3) is 6.11. The van der Waals surface area contributed by atoms with Gasteiger partial charge in [0, 0.05) is 11.9 Å². The number of esters is 1. The number of aryl methyl sites for hydroxylation is 1. The van der Waals surface area contributed by atoms with Crippen LogP contribution >= 0.6 is 11.8 Å². The molecule has 0 saturated carbocycles. The number of aromatic nitrogens is 3. The Kier molecular flexibility index (Phi) is 8.45. The fourth-order valence-electron chi connectivity index (χ4n) is 3.81. The Bertz CT molecular complexity index is 1420. The molecule has 4 rings (SSSR count). The number of ether oxygens (including phenoxy) is 2. The molecule has 0 spiro atoms. The Balaban J connectivity index is 1.65. The zero-order valence-corrected chi connectivity index (χ0v) is 21.7. The predicted octanol–water partition coefficient (Wildman–Crippen LogP) is 5.17. The minimum absolute atomic E-state index is 0.153. The Hall–Kier alpha value is -3.85. The number of carbonyl (C=O) groups is 1. The molecular formula is C28H28FN3O4S. The summed E-state index contributed by atoms with van der Waals surface area (Å²) in [5.41, 5.74) is 2.67. The van der Waals surface area contributed by atoms with Crippen LogP contribution in [0, 0.1) is 6.92 Å². The van der Waals surface area contributed by atoms with Crippen molar-refractivity contribution in [1.82, 2.24) is 14.3 Å². The van der Waals surface area contributed by atoms with Gasteiger partial charge < -0.3 is 9.47 Å². The van der Waals surface area contributed by atoms with Gasteiger partial charge in [0.1, 0.15) is 12.4 Å². The van der Waals surface area contributed by atoms with Gasteiger partial charge in [-0.3, -0.25) is 4.57 Å². The van der Waals surface area contributed by atoms with Gasteiger partial charge in [0.25, 0.3) is 0 Å². The number of rotatable bonds is 10. The zero-order valence-electron chi connectivity index (χ0n) is 20.9. The molecule has 1 heterocycles. The lowest BCUT2D eigenvalue weighted by atomic mass is 10.1. The number of benzene rings is 3. The van der Waals surface area contributed by atoms with Gasteiger partial charge >= 0.3 is 11.7 Å². The first-order valence-corrected chi connectivity index (χ1v) is 12.7. The van der Waals surface area contributed by atoms with Crippen molar-refractivity contribution >= 4 is 17.7 Å². The van der Waals surface area contributed by atoms with Crippen molar-refractivity contribution in [3.63, 3.8) is 0 Å². The molecule has 0 aliphatic heterocycles. The number of nitrogens with zero attached hydrogens (tertiary/aromatic N) is 3. The van der Waals surface area contributed by atoms with Crippen LogP contribution in [-0.4, -0.2) is 33.5 Å². The van der Waals surface area contributed by atoms with Crippen molar-refractivity contribution in [1.29, 1.82) is 0 Å². The maximum Gasteiger partial charge on any atom is 0.350 e. The molecule has 0 aliphatic rings. The second kappa shape index (κ2) is 11.9. The Morgan fingerprint density at radius 3 is 2.46 bits per heavy atom. The lowest BCUT2D eigenvalue weighted by Gasteiger charge is -2.17. The first kappa shape index (κ1) is 26.2. The summed E-state index contributed by atoms with van der Waals surface area (Å²) in [6.07, 6.45) is 0.